The first-order valence-electron chi connectivity index (χ1n) is 7.60. The van der Waals surface area contributed by atoms with Gasteiger partial charge in [0.2, 0.25) is 18.3 Å². The minimum absolute atomic E-state index is 0.0284. The van der Waals surface area contributed by atoms with Gasteiger partial charge in [-0.05, 0) is 28.1 Å². The molecule has 0 saturated carbocycles. The van der Waals surface area contributed by atoms with Crippen molar-refractivity contribution in [1.29, 1.82) is 0 Å². The molecule has 3 rings (SSSR count). The van der Waals surface area contributed by atoms with Crippen LogP contribution in [-0.2, 0) is 4.79 Å². The Morgan fingerprint density at radius 1 is 1.30 bits per heavy atom. The topological polar surface area (TPSA) is 75.2 Å². The number of benzene rings is 1. The fraction of sp³-hybridized carbons (Fsp3) is 0.250. The number of aromatic nitrogens is 2. The van der Waals surface area contributed by atoms with E-state index in [1.165, 1.54) is 12.1 Å². The summed E-state index contributed by atoms with van der Waals surface area (Å²) in [5.74, 6) is -4.91. The van der Waals surface area contributed by atoms with Gasteiger partial charge < -0.3 is 4.90 Å². The van der Waals surface area contributed by atoms with Crippen LogP contribution >= 0.6 is 15.9 Å². The predicted octanol–water partition coefficient (Wildman–Crippen LogP) is 2.96. The molecule has 0 unspecified atom stereocenters. The Morgan fingerprint density at radius 3 is 2.59 bits per heavy atom. The number of carbonyl (C=O) groups excluding carboxylic acids is 2. The lowest BCUT2D eigenvalue weighted by atomic mass is 9.89. The van der Waals surface area contributed by atoms with Crippen LogP contribution in [0, 0.1) is 11.6 Å². The summed E-state index contributed by atoms with van der Waals surface area (Å²) < 4.78 is 54.0. The number of fused-ring (bicyclic) bond motifs is 1. The maximum absolute atomic E-state index is 14.3. The Morgan fingerprint density at radius 2 is 1.96 bits per heavy atom. The highest BCUT2D eigenvalue weighted by molar-refractivity contribution is 9.10. The molecule has 2 aromatic rings. The predicted molar refractivity (Wildman–Crippen MR) is 89.4 cm³/mol. The second-order valence-corrected chi connectivity index (χ2v) is 6.58. The van der Waals surface area contributed by atoms with E-state index in [0.29, 0.717) is 0 Å². The Kier molecular flexibility index (Phi) is 5.40. The highest BCUT2D eigenvalue weighted by atomic mass is 79.9. The number of amides is 2. The number of carbonyl (C=O) groups is 2. The molecule has 0 radical (unpaired) electrons. The zero-order valence-corrected chi connectivity index (χ0v) is 15.0. The lowest BCUT2D eigenvalue weighted by Gasteiger charge is -2.33. The first-order valence-corrected chi connectivity index (χ1v) is 8.40. The van der Waals surface area contributed by atoms with Crippen molar-refractivity contribution in [3.63, 3.8) is 0 Å². The fourth-order valence-corrected chi connectivity index (χ4v) is 3.10. The summed E-state index contributed by atoms with van der Waals surface area (Å²) in [6, 6.07) is 2.47. The van der Waals surface area contributed by atoms with E-state index in [2.05, 4.69) is 31.2 Å². The first-order chi connectivity index (χ1) is 12.8. The number of halogens is 5. The standard InChI is InChI=1S/C16H11BrF4N4O2/c17-10-2-1-8-12(13(10)19)9(14(20)21)5-25(15(8)27)6-11(26)24-16-22-3-7(18)4-23-16/h1-4,9,14H,5-6H2,(H,22,23,24,26)/t9-/m0/s1. The smallest absolute Gasteiger partial charge is 0.254 e. The average Bonchev–Trinajstić information content (AvgIpc) is 2.62. The van der Waals surface area contributed by atoms with E-state index >= 15 is 0 Å². The van der Waals surface area contributed by atoms with Gasteiger partial charge >= 0.3 is 0 Å². The Hall–Kier alpha value is -2.56. The number of alkyl halides is 2. The van der Waals surface area contributed by atoms with Crippen molar-refractivity contribution in [2.45, 2.75) is 12.3 Å². The van der Waals surface area contributed by atoms with Gasteiger partial charge in [0.05, 0.1) is 22.8 Å². The van der Waals surface area contributed by atoms with E-state index in [-0.39, 0.29) is 21.5 Å². The van der Waals surface area contributed by atoms with Crippen molar-refractivity contribution in [3.8, 4) is 0 Å². The monoisotopic (exact) mass is 446 g/mol. The Bertz CT molecular complexity index is 895. The third kappa shape index (κ3) is 3.92. The lowest BCUT2D eigenvalue weighted by molar-refractivity contribution is -0.117. The largest absolute Gasteiger partial charge is 0.328 e. The minimum Gasteiger partial charge on any atom is -0.328 e. The first kappa shape index (κ1) is 19.2. The zero-order valence-electron chi connectivity index (χ0n) is 13.4. The van der Waals surface area contributed by atoms with Gasteiger partial charge in [-0.2, -0.15) is 0 Å². The third-order valence-corrected chi connectivity index (χ3v) is 4.56. The van der Waals surface area contributed by atoms with E-state index in [1.807, 2.05) is 0 Å². The van der Waals surface area contributed by atoms with Gasteiger partial charge in [0, 0.05) is 17.7 Å². The molecule has 1 aliphatic rings. The molecule has 0 saturated heterocycles. The summed E-state index contributed by atoms with van der Waals surface area (Å²) in [6.45, 7) is -1.10. The Labute approximate surface area is 158 Å². The number of rotatable bonds is 4. The van der Waals surface area contributed by atoms with Crippen LogP contribution < -0.4 is 5.32 Å². The van der Waals surface area contributed by atoms with Crippen LogP contribution in [-0.4, -0.2) is 46.2 Å². The van der Waals surface area contributed by atoms with Gasteiger partial charge in [0.1, 0.15) is 12.4 Å². The van der Waals surface area contributed by atoms with Crippen molar-refractivity contribution < 1.29 is 27.2 Å². The van der Waals surface area contributed by atoms with Crippen LogP contribution in [0.2, 0.25) is 0 Å². The highest BCUT2D eigenvalue weighted by Crippen LogP contribution is 2.37. The molecular formula is C16H11BrF4N4O2. The summed E-state index contributed by atoms with van der Waals surface area (Å²) in [7, 11) is 0. The molecule has 1 atom stereocenters. The molecule has 0 aliphatic carbocycles. The van der Waals surface area contributed by atoms with E-state index in [4.69, 9.17) is 0 Å². The molecule has 142 valence electrons. The molecule has 0 fully saturated rings. The average molecular weight is 447 g/mol. The molecule has 1 aromatic carbocycles. The molecule has 1 N–H and O–H groups in total. The van der Waals surface area contributed by atoms with Gasteiger partial charge in [0.15, 0.2) is 5.82 Å². The zero-order chi connectivity index (χ0) is 19.7. The Balaban J connectivity index is 1.82. The van der Waals surface area contributed by atoms with Crippen LogP contribution in [0.25, 0.3) is 0 Å². The van der Waals surface area contributed by atoms with Crippen molar-refractivity contribution in [2.24, 2.45) is 0 Å². The minimum atomic E-state index is -2.94. The van der Waals surface area contributed by atoms with E-state index in [1.54, 1.807) is 0 Å². The lowest BCUT2D eigenvalue weighted by Crippen LogP contribution is -2.46. The molecule has 0 spiro atoms. The van der Waals surface area contributed by atoms with Crippen LogP contribution in [0.3, 0.4) is 0 Å². The van der Waals surface area contributed by atoms with Gasteiger partial charge in [-0.25, -0.2) is 27.5 Å². The molecule has 1 aliphatic heterocycles. The summed E-state index contributed by atoms with van der Waals surface area (Å²) in [5.41, 5.74) is -0.596. The van der Waals surface area contributed by atoms with Crippen LogP contribution in [0.5, 0.6) is 0 Å². The van der Waals surface area contributed by atoms with E-state index < -0.39 is 48.9 Å². The molecule has 11 heteroatoms. The van der Waals surface area contributed by atoms with Gasteiger partial charge in [-0.3, -0.25) is 14.9 Å². The van der Waals surface area contributed by atoms with Crippen LogP contribution in [0.4, 0.5) is 23.5 Å². The molecular weight excluding hydrogens is 436 g/mol. The molecule has 2 amide bonds. The quantitative estimate of drug-likeness (QED) is 0.732. The number of nitrogens with one attached hydrogen (secondary N) is 1. The SMILES string of the molecule is O=C(CN1C[C@H](C(F)F)c2c(ccc(Br)c2F)C1=O)Nc1ncc(F)cn1. The van der Waals surface area contributed by atoms with E-state index in [0.717, 1.165) is 17.3 Å². The number of nitrogens with zero attached hydrogens (tertiary/aromatic N) is 3. The second kappa shape index (κ2) is 7.59. The van der Waals surface area contributed by atoms with Crippen molar-refractivity contribution in [1.82, 2.24) is 14.9 Å². The van der Waals surface area contributed by atoms with Crippen LogP contribution in [0.15, 0.2) is 29.0 Å². The summed E-state index contributed by atoms with van der Waals surface area (Å²) >= 11 is 2.92. The van der Waals surface area contributed by atoms with Crippen molar-refractivity contribution in [2.75, 3.05) is 18.4 Å². The fourth-order valence-electron chi connectivity index (χ4n) is 2.75. The normalized spacial score (nSPS) is 16.4. The van der Waals surface area contributed by atoms with Gasteiger partial charge in [-0.15, -0.1) is 0 Å². The third-order valence-electron chi connectivity index (χ3n) is 3.95. The van der Waals surface area contributed by atoms with Crippen molar-refractivity contribution >= 4 is 33.7 Å². The number of hydrogen-bond acceptors (Lipinski definition) is 4. The summed E-state index contributed by atoms with van der Waals surface area (Å²) in [6.07, 6.45) is -1.27. The van der Waals surface area contributed by atoms with Gasteiger partial charge in [0.25, 0.3) is 5.91 Å². The second-order valence-electron chi connectivity index (χ2n) is 5.72. The number of anilines is 1. The maximum Gasteiger partial charge on any atom is 0.254 e. The van der Waals surface area contributed by atoms with Crippen LogP contribution in [0.1, 0.15) is 21.8 Å². The maximum atomic E-state index is 14.3. The van der Waals surface area contributed by atoms with Gasteiger partial charge in [-0.1, -0.05) is 0 Å². The molecule has 1 aromatic heterocycles. The summed E-state index contributed by atoms with van der Waals surface area (Å²) in [5, 5.41) is 2.23. The molecule has 27 heavy (non-hydrogen) atoms. The molecule has 0 bridgehead atoms. The molecule has 6 nitrogen and oxygen atoms in total. The highest BCUT2D eigenvalue weighted by Gasteiger charge is 2.39. The van der Waals surface area contributed by atoms with Crippen molar-refractivity contribution in [3.05, 3.63) is 51.8 Å². The van der Waals surface area contributed by atoms with E-state index in [9.17, 15) is 27.2 Å². The molecule has 2 heterocycles. The summed E-state index contributed by atoms with van der Waals surface area (Å²) in [4.78, 5) is 32.6. The number of hydrogen-bond donors (Lipinski definition) is 1.